The zero-order valence-corrected chi connectivity index (χ0v) is 17.7. The fourth-order valence-electron chi connectivity index (χ4n) is 2.77. The Balaban J connectivity index is 1.70. The molecule has 182 valence electrons. The maximum Gasteiger partial charge on any atom is 0.344 e. The van der Waals surface area contributed by atoms with Crippen molar-refractivity contribution in [2.75, 3.05) is 5.43 Å². The van der Waals surface area contributed by atoms with Gasteiger partial charge in [-0.1, -0.05) is 0 Å². The summed E-state index contributed by atoms with van der Waals surface area (Å²) < 4.78 is 5.10. The molecular weight excluding hydrogens is 484 g/mol. The molecule has 3 aromatic carbocycles. The molecule has 3 aromatic rings. The summed E-state index contributed by atoms with van der Waals surface area (Å²) in [6.07, 6.45) is 1.26. The van der Waals surface area contributed by atoms with Gasteiger partial charge in [0.05, 0.1) is 43.6 Å². The van der Waals surface area contributed by atoms with Crippen LogP contribution in [0.4, 0.5) is 28.4 Å². The third-order valence-electron chi connectivity index (χ3n) is 4.44. The predicted molar refractivity (Wildman–Crippen MR) is 122 cm³/mol. The van der Waals surface area contributed by atoms with Crippen LogP contribution in [0.25, 0.3) is 0 Å². The van der Waals surface area contributed by atoms with Gasteiger partial charge in [0.2, 0.25) is 0 Å². The zero-order chi connectivity index (χ0) is 26.4. The number of carbonyl (C=O) groups is 1. The van der Waals surface area contributed by atoms with Gasteiger partial charge in [-0.25, -0.2) is 4.79 Å². The Kier molecular flexibility index (Phi) is 7.19. The highest BCUT2D eigenvalue weighted by atomic mass is 16.6. The Morgan fingerprint density at radius 2 is 1.33 bits per heavy atom. The maximum atomic E-state index is 12.3. The molecule has 0 heterocycles. The number of non-ortho nitro benzene ring substituents is 3. The van der Waals surface area contributed by atoms with E-state index in [1.165, 1.54) is 30.5 Å². The number of hydrogen-bond acceptors (Lipinski definition) is 12. The standard InChI is InChI=1S/C20H12N6O10/c27-20(13-7-15(24(30)31)9-16(8-13)25(32)33)36-17-4-1-12(2-5-17)11-21-22-18-6-3-14(23(28)29)10-19(18)26(34)35/h1-11,22H/b21-11+. The average Bonchev–Trinajstić information content (AvgIpc) is 2.84. The van der Waals surface area contributed by atoms with E-state index in [2.05, 4.69) is 10.5 Å². The molecule has 0 saturated carbocycles. The van der Waals surface area contributed by atoms with Crippen molar-refractivity contribution in [3.63, 3.8) is 0 Å². The Labute approximate surface area is 199 Å². The second-order valence-corrected chi connectivity index (χ2v) is 6.80. The molecule has 0 aliphatic heterocycles. The molecule has 0 spiro atoms. The Morgan fingerprint density at radius 3 is 1.86 bits per heavy atom. The summed E-state index contributed by atoms with van der Waals surface area (Å²) in [7, 11) is 0. The lowest BCUT2D eigenvalue weighted by molar-refractivity contribution is -0.394. The number of carbonyl (C=O) groups excluding carboxylic acids is 1. The van der Waals surface area contributed by atoms with E-state index in [0.717, 1.165) is 30.3 Å². The fraction of sp³-hybridized carbons (Fsp3) is 0. The van der Waals surface area contributed by atoms with Crippen molar-refractivity contribution in [2.45, 2.75) is 0 Å². The largest absolute Gasteiger partial charge is 0.423 e. The van der Waals surface area contributed by atoms with E-state index in [4.69, 9.17) is 4.74 Å². The van der Waals surface area contributed by atoms with E-state index in [-0.39, 0.29) is 11.4 Å². The molecular formula is C20H12N6O10. The van der Waals surface area contributed by atoms with Crippen LogP contribution in [0.5, 0.6) is 5.75 Å². The van der Waals surface area contributed by atoms with E-state index < -0.39 is 54.0 Å². The molecule has 0 radical (unpaired) electrons. The monoisotopic (exact) mass is 496 g/mol. The first-order chi connectivity index (χ1) is 17.0. The van der Waals surface area contributed by atoms with Crippen molar-refractivity contribution in [2.24, 2.45) is 5.10 Å². The van der Waals surface area contributed by atoms with Crippen molar-refractivity contribution in [3.8, 4) is 5.75 Å². The van der Waals surface area contributed by atoms with Gasteiger partial charge in [-0.05, 0) is 35.9 Å². The minimum atomic E-state index is -1.06. The lowest BCUT2D eigenvalue weighted by Gasteiger charge is -2.05. The molecule has 36 heavy (non-hydrogen) atoms. The minimum Gasteiger partial charge on any atom is -0.423 e. The molecule has 1 N–H and O–H groups in total. The van der Waals surface area contributed by atoms with Gasteiger partial charge in [-0.3, -0.25) is 45.9 Å². The SMILES string of the molecule is O=C(Oc1ccc(/C=N/Nc2ccc([N+](=O)[O-])cc2[N+](=O)[O-])cc1)c1cc([N+](=O)[O-])cc([N+](=O)[O-])c1. The molecule has 0 aromatic heterocycles. The number of nitro groups is 4. The van der Waals surface area contributed by atoms with Crippen LogP contribution in [0.1, 0.15) is 15.9 Å². The highest BCUT2D eigenvalue weighted by molar-refractivity contribution is 5.92. The molecule has 0 bridgehead atoms. The van der Waals surface area contributed by atoms with E-state index in [0.29, 0.717) is 11.6 Å². The van der Waals surface area contributed by atoms with Crippen LogP contribution in [0.15, 0.2) is 65.8 Å². The Morgan fingerprint density at radius 1 is 0.750 bits per heavy atom. The van der Waals surface area contributed by atoms with E-state index >= 15 is 0 Å². The first-order valence-electron chi connectivity index (χ1n) is 9.53. The van der Waals surface area contributed by atoms with E-state index in [1.807, 2.05) is 0 Å². The fourth-order valence-corrected chi connectivity index (χ4v) is 2.77. The van der Waals surface area contributed by atoms with Gasteiger partial charge < -0.3 is 4.74 Å². The van der Waals surface area contributed by atoms with Gasteiger partial charge in [0, 0.05) is 18.2 Å². The molecule has 0 saturated heterocycles. The van der Waals surface area contributed by atoms with Crippen LogP contribution in [-0.4, -0.2) is 31.9 Å². The summed E-state index contributed by atoms with van der Waals surface area (Å²) in [5.41, 5.74) is 0.0871. The van der Waals surface area contributed by atoms with Gasteiger partial charge in [0.1, 0.15) is 11.4 Å². The molecule has 16 nitrogen and oxygen atoms in total. The molecule has 3 rings (SSSR count). The second kappa shape index (κ2) is 10.4. The molecule has 0 aliphatic carbocycles. The third-order valence-corrected chi connectivity index (χ3v) is 4.44. The minimum absolute atomic E-state index is 0.0188. The third kappa shape index (κ3) is 5.95. The molecule has 0 atom stereocenters. The molecule has 0 aliphatic rings. The molecule has 0 fully saturated rings. The van der Waals surface area contributed by atoms with Gasteiger partial charge in [-0.2, -0.15) is 5.10 Å². The first kappa shape index (κ1) is 24.8. The van der Waals surface area contributed by atoms with Crippen molar-refractivity contribution < 1.29 is 29.2 Å². The topological polar surface area (TPSA) is 223 Å². The van der Waals surface area contributed by atoms with Crippen molar-refractivity contribution in [3.05, 3.63) is 112 Å². The number of rotatable bonds is 9. The highest BCUT2D eigenvalue weighted by Crippen LogP contribution is 2.29. The number of esters is 1. The van der Waals surface area contributed by atoms with Crippen molar-refractivity contribution in [1.29, 1.82) is 0 Å². The highest BCUT2D eigenvalue weighted by Gasteiger charge is 2.21. The molecule has 0 amide bonds. The maximum absolute atomic E-state index is 12.3. The van der Waals surface area contributed by atoms with Gasteiger partial charge in [-0.15, -0.1) is 0 Å². The number of nitrogens with zero attached hydrogens (tertiary/aromatic N) is 5. The quantitative estimate of drug-likeness (QED) is 0.146. The summed E-state index contributed by atoms with van der Waals surface area (Å²) in [4.78, 5) is 52.9. The average molecular weight is 496 g/mol. The lowest BCUT2D eigenvalue weighted by Crippen LogP contribution is -2.09. The van der Waals surface area contributed by atoms with Crippen LogP contribution in [0, 0.1) is 40.5 Å². The van der Waals surface area contributed by atoms with Gasteiger partial charge in [0.15, 0.2) is 0 Å². The summed E-state index contributed by atoms with van der Waals surface area (Å²) in [6, 6.07) is 11.0. The van der Waals surface area contributed by atoms with Crippen molar-refractivity contribution in [1.82, 2.24) is 0 Å². The second-order valence-electron chi connectivity index (χ2n) is 6.80. The van der Waals surface area contributed by atoms with Crippen LogP contribution in [0.3, 0.4) is 0 Å². The van der Waals surface area contributed by atoms with E-state index in [9.17, 15) is 45.3 Å². The van der Waals surface area contributed by atoms with Gasteiger partial charge >= 0.3 is 11.7 Å². The smallest absolute Gasteiger partial charge is 0.344 e. The van der Waals surface area contributed by atoms with Crippen LogP contribution >= 0.6 is 0 Å². The summed E-state index contributed by atoms with van der Waals surface area (Å²) in [5, 5.41) is 47.7. The molecule has 16 heteroatoms. The number of nitrogens with one attached hydrogen (secondary N) is 1. The lowest BCUT2D eigenvalue weighted by atomic mass is 10.1. The molecule has 0 unspecified atom stereocenters. The normalized spacial score (nSPS) is 10.6. The first-order valence-corrected chi connectivity index (χ1v) is 9.53. The number of nitro benzene ring substituents is 4. The summed E-state index contributed by atoms with van der Waals surface area (Å²) >= 11 is 0. The number of hydrogen-bond donors (Lipinski definition) is 1. The van der Waals surface area contributed by atoms with Gasteiger partial charge in [0.25, 0.3) is 17.1 Å². The Bertz CT molecular complexity index is 1390. The van der Waals surface area contributed by atoms with Crippen molar-refractivity contribution >= 4 is 40.6 Å². The number of ether oxygens (including phenoxy) is 1. The number of hydrazone groups is 1. The zero-order valence-electron chi connectivity index (χ0n) is 17.7. The summed E-state index contributed by atoms with van der Waals surface area (Å²) in [5.74, 6) is -1.04. The van der Waals surface area contributed by atoms with Crippen LogP contribution in [0.2, 0.25) is 0 Å². The van der Waals surface area contributed by atoms with E-state index in [1.54, 1.807) is 0 Å². The summed E-state index contributed by atoms with van der Waals surface area (Å²) in [6.45, 7) is 0. The van der Waals surface area contributed by atoms with Crippen LogP contribution in [-0.2, 0) is 0 Å². The predicted octanol–water partition coefficient (Wildman–Crippen LogP) is 3.98. The Hall–Kier alpha value is -5.80. The number of anilines is 1. The van der Waals surface area contributed by atoms with Crippen LogP contribution < -0.4 is 10.2 Å². The number of benzene rings is 3.